The molecule has 0 aliphatic rings. The highest BCUT2D eigenvalue weighted by molar-refractivity contribution is 5.95. The summed E-state index contributed by atoms with van der Waals surface area (Å²) in [6.45, 7) is 3.55. The number of ether oxygens (including phenoxy) is 1. The standard InChI is InChI=1S/C13H14N2O3/c1-3-18-13(17)15-7-6-10-8-11(14-9(2)16)4-5-12(10)15/h4-8H,3H2,1-2H3,(H,14,16). The lowest BCUT2D eigenvalue weighted by Gasteiger charge is -2.05. The topological polar surface area (TPSA) is 60.3 Å². The summed E-state index contributed by atoms with van der Waals surface area (Å²) < 4.78 is 6.38. The number of nitrogens with one attached hydrogen (secondary N) is 1. The van der Waals surface area contributed by atoms with Gasteiger partial charge in [-0.1, -0.05) is 0 Å². The van der Waals surface area contributed by atoms with E-state index < -0.39 is 6.09 Å². The number of anilines is 1. The Hall–Kier alpha value is -2.30. The van der Waals surface area contributed by atoms with Gasteiger partial charge in [0.1, 0.15) is 0 Å². The first kappa shape index (κ1) is 12.2. The number of fused-ring (bicyclic) bond motifs is 1. The quantitative estimate of drug-likeness (QED) is 0.886. The molecule has 18 heavy (non-hydrogen) atoms. The minimum Gasteiger partial charge on any atom is -0.449 e. The van der Waals surface area contributed by atoms with Gasteiger partial charge in [0.2, 0.25) is 5.91 Å². The van der Waals surface area contributed by atoms with Crippen molar-refractivity contribution in [3.8, 4) is 0 Å². The summed E-state index contributed by atoms with van der Waals surface area (Å²) in [5.41, 5.74) is 1.46. The van der Waals surface area contributed by atoms with E-state index >= 15 is 0 Å². The predicted molar refractivity (Wildman–Crippen MR) is 68.7 cm³/mol. The maximum absolute atomic E-state index is 11.7. The van der Waals surface area contributed by atoms with E-state index in [0.717, 1.165) is 10.9 Å². The molecular weight excluding hydrogens is 232 g/mol. The van der Waals surface area contributed by atoms with Crippen LogP contribution in [0.2, 0.25) is 0 Å². The molecule has 5 nitrogen and oxygen atoms in total. The lowest BCUT2D eigenvalue weighted by Crippen LogP contribution is -2.12. The molecule has 0 fully saturated rings. The summed E-state index contributed by atoms with van der Waals surface area (Å²) in [7, 11) is 0. The molecule has 5 heteroatoms. The fourth-order valence-corrected chi connectivity index (χ4v) is 1.78. The molecule has 0 aliphatic carbocycles. The Morgan fingerprint density at radius 2 is 2.11 bits per heavy atom. The van der Waals surface area contributed by atoms with Crippen LogP contribution < -0.4 is 5.32 Å². The number of amides is 1. The first-order valence-corrected chi connectivity index (χ1v) is 5.67. The van der Waals surface area contributed by atoms with Crippen LogP contribution in [0.1, 0.15) is 13.8 Å². The number of benzene rings is 1. The molecule has 2 rings (SSSR count). The van der Waals surface area contributed by atoms with Gasteiger partial charge in [0.15, 0.2) is 0 Å². The van der Waals surface area contributed by atoms with Crippen LogP contribution in [0, 0.1) is 0 Å². The molecule has 0 bridgehead atoms. The molecule has 1 N–H and O–H groups in total. The lowest BCUT2D eigenvalue weighted by molar-refractivity contribution is -0.114. The fourth-order valence-electron chi connectivity index (χ4n) is 1.78. The average molecular weight is 246 g/mol. The summed E-state index contributed by atoms with van der Waals surface area (Å²) in [6.07, 6.45) is 1.25. The van der Waals surface area contributed by atoms with Crippen LogP contribution in [0.3, 0.4) is 0 Å². The molecule has 0 aliphatic heterocycles. The van der Waals surface area contributed by atoms with Gasteiger partial charge in [0.05, 0.1) is 12.1 Å². The van der Waals surface area contributed by atoms with Crippen molar-refractivity contribution in [1.82, 2.24) is 4.57 Å². The van der Waals surface area contributed by atoms with Gasteiger partial charge in [-0.05, 0) is 31.2 Å². The first-order chi connectivity index (χ1) is 8.61. The van der Waals surface area contributed by atoms with Crippen molar-refractivity contribution in [1.29, 1.82) is 0 Å². The Labute approximate surface area is 104 Å². The minimum atomic E-state index is -0.403. The largest absolute Gasteiger partial charge is 0.449 e. The van der Waals surface area contributed by atoms with Crippen molar-refractivity contribution >= 4 is 28.6 Å². The van der Waals surface area contributed by atoms with Crippen LogP contribution in [0.4, 0.5) is 10.5 Å². The number of aromatic nitrogens is 1. The molecule has 0 atom stereocenters. The summed E-state index contributed by atoms with van der Waals surface area (Å²) in [5, 5.41) is 3.57. The van der Waals surface area contributed by atoms with E-state index in [0.29, 0.717) is 12.3 Å². The number of carbonyl (C=O) groups is 2. The number of hydrogen-bond donors (Lipinski definition) is 1. The first-order valence-electron chi connectivity index (χ1n) is 5.67. The maximum atomic E-state index is 11.7. The van der Waals surface area contributed by atoms with E-state index in [4.69, 9.17) is 4.74 Å². The number of carbonyl (C=O) groups excluding carboxylic acids is 2. The third-order valence-corrected chi connectivity index (χ3v) is 2.48. The third-order valence-electron chi connectivity index (χ3n) is 2.48. The van der Waals surface area contributed by atoms with E-state index in [2.05, 4.69) is 5.32 Å². The summed E-state index contributed by atoms with van der Waals surface area (Å²) in [6, 6.07) is 7.14. The lowest BCUT2D eigenvalue weighted by atomic mass is 10.2. The molecule has 0 unspecified atom stereocenters. The zero-order chi connectivity index (χ0) is 13.1. The van der Waals surface area contributed by atoms with Gasteiger partial charge in [-0.2, -0.15) is 0 Å². The van der Waals surface area contributed by atoms with Crippen molar-refractivity contribution < 1.29 is 14.3 Å². The fraction of sp³-hybridized carbons (Fsp3) is 0.231. The van der Waals surface area contributed by atoms with Gasteiger partial charge in [0.25, 0.3) is 0 Å². The predicted octanol–water partition coefficient (Wildman–Crippen LogP) is 2.60. The molecule has 0 saturated carbocycles. The van der Waals surface area contributed by atoms with Crippen molar-refractivity contribution in [3.05, 3.63) is 30.5 Å². The number of rotatable bonds is 2. The summed E-state index contributed by atoms with van der Waals surface area (Å²) >= 11 is 0. The SMILES string of the molecule is CCOC(=O)n1ccc2cc(NC(C)=O)ccc21. The van der Waals surface area contributed by atoms with Crippen LogP contribution in [-0.2, 0) is 9.53 Å². The molecule has 1 heterocycles. The van der Waals surface area contributed by atoms with Crippen LogP contribution in [0.25, 0.3) is 10.9 Å². The molecule has 0 saturated heterocycles. The Kier molecular flexibility index (Phi) is 3.32. The van der Waals surface area contributed by atoms with Gasteiger partial charge in [-0.25, -0.2) is 4.79 Å². The van der Waals surface area contributed by atoms with Crippen LogP contribution in [0.15, 0.2) is 30.5 Å². The van der Waals surface area contributed by atoms with Crippen molar-refractivity contribution in [2.24, 2.45) is 0 Å². The highest BCUT2D eigenvalue weighted by Gasteiger charge is 2.09. The van der Waals surface area contributed by atoms with E-state index in [-0.39, 0.29) is 5.91 Å². The molecule has 0 spiro atoms. The smallest absolute Gasteiger partial charge is 0.418 e. The Balaban J connectivity index is 2.37. The molecule has 2 aromatic rings. The second-order valence-electron chi connectivity index (χ2n) is 3.84. The van der Waals surface area contributed by atoms with Crippen molar-refractivity contribution in [2.45, 2.75) is 13.8 Å². The highest BCUT2D eigenvalue weighted by Crippen LogP contribution is 2.20. The van der Waals surface area contributed by atoms with Gasteiger partial charge >= 0.3 is 6.09 Å². The summed E-state index contributed by atoms with van der Waals surface area (Å²) in [5.74, 6) is -0.126. The monoisotopic (exact) mass is 246 g/mol. The molecule has 0 radical (unpaired) electrons. The zero-order valence-corrected chi connectivity index (χ0v) is 10.3. The van der Waals surface area contributed by atoms with Crippen molar-refractivity contribution in [3.63, 3.8) is 0 Å². The average Bonchev–Trinajstić information content (AvgIpc) is 2.71. The molecule has 94 valence electrons. The highest BCUT2D eigenvalue weighted by atomic mass is 16.5. The van der Waals surface area contributed by atoms with Crippen LogP contribution >= 0.6 is 0 Å². The zero-order valence-electron chi connectivity index (χ0n) is 10.3. The minimum absolute atomic E-state index is 0.126. The van der Waals surface area contributed by atoms with Gasteiger partial charge in [0, 0.05) is 24.2 Å². The van der Waals surface area contributed by atoms with Crippen LogP contribution in [0.5, 0.6) is 0 Å². The van der Waals surface area contributed by atoms with Crippen molar-refractivity contribution in [2.75, 3.05) is 11.9 Å². The molecular formula is C13H14N2O3. The Morgan fingerprint density at radius 3 is 2.78 bits per heavy atom. The van der Waals surface area contributed by atoms with Gasteiger partial charge in [-0.3, -0.25) is 9.36 Å². The Bertz CT molecular complexity index is 601. The number of hydrogen-bond acceptors (Lipinski definition) is 3. The van der Waals surface area contributed by atoms with Gasteiger partial charge in [-0.15, -0.1) is 0 Å². The van der Waals surface area contributed by atoms with E-state index in [1.54, 1.807) is 31.3 Å². The second kappa shape index (κ2) is 4.91. The third kappa shape index (κ3) is 2.34. The molecule has 1 amide bonds. The van der Waals surface area contributed by atoms with E-state index in [1.165, 1.54) is 11.5 Å². The summed E-state index contributed by atoms with van der Waals surface area (Å²) in [4.78, 5) is 22.6. The molecule has 1 aromatic carbocycles. The normalized spacial score (nSPS) is 10.3. The van der Waals surface area contributed by atoms with Gasteiger partial charge < -0.3 is 10.1 Å². The second-order valence-corrected chi connectivity index (χ2v) is 3.84. The van der Waals surface area contributed by atoms with Crippen LogP contribution in [-0.4, -0.2) is 23.2 Å². The van der Waals surface area contributed by atoms with E-state index in [1.807, 2.05) is 6.07 Å². The molecule has 1 aromatic heterocycles. The maximum Gasteiger partial charge on any atom is 0.418 e. The van der Waals surface area contributed by atoms with E-state index in [9.17, 15) is 9.59 Å². The number of nitrogens with zero attached hydrogens (tertiary/aromatic N) is 1. The Morgan fingerprint density at radius 1 is 1.33 bits per heavy atom.